The van der Waals surface area contributed by atoms with Crippen LogP contribution in [0.25, 0.3) is 11.1 Å². The number of hydrogen-bond donors (Lipinski definition) is 0. The van der Waals surface area contributed by atoms with Gasteiger partial charge in [0.2, 0.25) is 0 Å². The summed E-state index contributed by atoms with van der Waals surface area (Å²) >= 11 is 5.43. The first-order valence-electron chi connectivity index (χ1n) is 5.67. The van der Waals surface area contributed by atoms with Crippen molar-refractivity contribution >= 4 is 11.6 Å². The van der Waals surface area contributed by atoms with Gasteiger partial charge in [-0.3, -0.25) is 0 Å². The lowest BCUT2D eigenvalue weighted by atomic mass is 10.0. The van der Waals surface area contributed by atoms with E-state index in [9.17, 15) is 26.3 Å². The van der Waals surface area contributed by atoms with Gasteiger partial charge in [-0.25, -0.2) is 4.98 Å². The maximum atomic E-state index is 13.0. The molecule has 0 saturated heterocycles. The summed E-state index contributed by atoms with van der Waals surface area (Å²) in [6.07, 6.45) is -9.92. The molecule has 2 nitrogen and oxygen atoms in total. The van der Waals surface area contributed by atoms with E-state index in [-0.39, 0.29) is 0 Å². The Morgan fingerprint density at radius 3 is 2.09 bits per heavy atom. The van der Waals surface area contributed by atoms with Crippen LogP contribution in [0.15, 0.2) is 36.4 Å². The Balaban J connectivity index is 2.63. The molecule has 0 spiro atoms. The number of alkyl halides is 6. The van der Waals surface area contributed by atoms with E-state index in [2.05, 4.69) is 9.72 Å². The van der Waals surface area contributed by atoms with Crippen LogP contribution in [-0.2, 0) is 6.18 Å². The summed E-state index contributed by atoms with van der Waals surface area (Å²) in [4.78, 5) is 3.16. The van der Waals surface area contributed by atoms with E-state index >= 15 is 0 Å². The minimum absolute atomic E-state index is 0.392. The van der Waals surface area contributed by atoms with Crippen molar-refractivity contribution in [2.45, 2.75) is 12.5 Å². The molecule has 2 rings (SSSR count). The first kappa shape index (κ1) is 16.4. The molecule has 0 atom stereocenters. The van der Waals surface area contributed by atoms with E-state index in [0.29, 0.717) is 0 Å². The van der Waals surface area contributed by atoms with Crippen molar-refractivity contribution in [3.05, 3.63) is 47.2 Å². The predicted molar refractivity (Wildman–Crippen MR) is 66.4 cm³/mol. The third-order valence-corrected chi connectivity index (χ3v) is 2.74. The second-order valence-corrected chi connectivity index (χ2v) is 4.46. The standard InChI is InChI=1S/C13H6ClF6NO/c14-10-6-5-8(11(21-10)12(15,16)17)7-3-1-2-4-9(7)22-13(18,19)20/h1-6H. The molecule has 1 aromatic heterocycles. The molecule has 0 N–H and O–H groups in total. The third-order valence-electron chi connectivity index (χ3n) is 2.53. The van der Waals surface area contributed by atoms with Crippen LogP contribution < -0.4 is 4.74 Å². The zero-order chi connectivity index (χ0) is 16.5. The van der Waals surface area contributed by atoms with Crippen molar-refractivity contribution < 1.29 is 31.1 Å². The quantitative estimate of drug-likeness (QED) is 0.545. The SMILES string of the molecule is FC(F)(F)Oc1ccccc1-c1ccc(Cl)nc1C(F)(F)F. The van der Waals surface area contributed by atoms with Crippen LogP contribution in [0.4, 0.5) is 26.3 Å². The molecule has 0 bridgehead atoms. The Kier molecular flexibility index (Phi) is 4.23. The lowest BCUT2D eigenvalue weighted by Gasteiger charge is -2.16. The Morgan fingerprint density at radius 1 is 0.864 bits per heavy atom. The topological polar surface area (TPSA) is 22.1 Å². The van der Waals surface area contributed by atoms with E-state index in [1.807, 2.05) is 0 Å². The fourth-order valence-electron chi connectivity index (χ4n) is 1.77. The third kappa shape index (κ3) is 3.82. The minimum Gasteiger partial charge on any atom is -0.405 e. The van der Waals surface area contributed by atoms with Crippen LogP contribution in [-0.4, -0.2) is 11.3 Å². The maximum Gasteiger partial charge on any atom is 0.573 e. The van der Waals surface area contributed by atoms with Gasteiger partial charge < -0.3 is 4.74 Å². The average molecular weight is 342 g/mol. The minimum atomic E-state index is -5.03. The van der Waals surface area contributed by atoms with Crippen molar-refractivity contribution in [2.75, 3.05) is 0 Å². The number of pyridine rings is 1. The number of para-hydroxylation sites is 1. The predicted octanol–water partition coefficient (Wildman–Crippen LogP) is 5.32. The summed E-state index contributed by atoms with van der Waals surface area (Å²) in [5.41, 5.74) is -2.34. The van der Waals surface area contributed by atoms with Gasteiger partial charge in [0, 0.05) is 11.1 Å². The van der Waals surface area contributed by atoms with Crippen LogP contribution in [0.1, 0.15) is 5.69 Å². The molecule has 0 aliphatic carbocycles. The van der Waals surface area contributed by atoms with Crippen molar-refractivity contribution in [3.8, 4) is 16.9 Å². The van der Waals surface area contributed by atoms with E-state index in [0.717, 1.165) is 24.3 Å². The fraction of sp³-hybridized carbons (Fsp3) is 0.154. The fourth-order valence-corrected chi connectivity index (χ4v) is 1.92. The molecule has 0 aliphatic rings. The molecule has 0 fully saturated rings. The lowest BCUT2D eigenvalue weighted by Crippen LogP contribution is -2.18. The van der Waals surface area contributed by atoms with E-state index < -0.39 is 40.3 Å². The highest BCUT2D eigenvalue weighted by Gasteiger charge is 2.38. The van der Waals surface area contributed by atoms with Gasteiger partial charge in [-0.15, -0.1) is 13.2 Å². The van der Waals surface area contributed by atoms with Gasteiger partial charge in [0.25, 0.3) is 0 Å². The molecule has 0 amide bonds. The van der Waals surface area contributed by atoms with E-state index in [4.69, 9.17) is 11.6 Å². The summed E-state index contributed by atoms with van der Waals surface area (Å²) in [5, 5.41) is -0.426. The van der Waals surface area contributed by atoms with Crippen molar-refractivity contribution in [1.29, 1.82) is 0 Å². The number of benzene rings is 1. The summed E-state index contributed by atoms with van der Waals surface area (Å²) in [5.74, 6) is -0.760. The maximum absolute atomic E-state index is 13.0. The summed E-state index contributed by atoms with van der Waals surface area (Å²) in [6, 6.07) is 6.47. The summed E-state index contributed by atoms with van der Waals surface area (Å²) in [7, 11) is 0. The monoisotopic (exact) mass is 341 g/mol. The average Bonchev–Trinajstić information content (AvgIpc) is 2.37. The van der Waals surface area contributed by atoms with E-state index in [1.54, 1.807) is 0 Å². The van der Waals surface area contributed by atoms with Gasteiger partial charge >= 0.3 is 12.5 Å². The Labute approximate surface area is 125 Å². The highest BCUT2D eigenvalue weighted by atomic mass is 35.5. The highest BCUT2D eigenvalue weighted by Crippen LogP contribution is 2.41. The number of rotatable bonds is 2. The normalized spacial score (nSPS) is 12.3. The largest absolute Gasteiger partial charge is 0.573 e. The van der Waals surface area contributed by atoms with Gasteiger partial charge in [0.1, 0.15) is 10.9 Å². The van der Waals surface area contributed by atoms with Crippen LogP contribution in [0.3, 0.4) is 0 Å². The van der Waals surface area contributed by atoms with Gasteiger partial charge in [-0.2, -0.15) is 13.2 Å². The first-order valence-corrected chi connectivity index (χ1v) is 6.04. The molecule has 118 valence electrons. The number of nitrogens with zero attached hydrogens (tertiary/aromatic N) is 1. The molecule has 9 heteroatoms. The van der Waals surface area contributed by atoms with Crippen LogP contribution in [0.5, 0.6) is 5.75 Å². The Hall–Kier alpha value is -1.96. The second-order valence-electron chi connectivity index (χ2n) is 4.07. The van der Waals surface area contributed by atoms with Crippen LogP contribution >= 0.6 is 11.6 Å². The van der Waals surface area contributed by atoms with Gasteiger partial charge in [-0.05, 0) is 18.2 Å². The van der Waals surface area contributed by atoms with Crippen LogP contribution in [0, 0.1) is 0 Å². The molecular weight excluding hydrogens is 336 g/mol. The number of halogens is 7. The molecule has 1 aromatic carbocycles. The lowest BCUT2D eigenvalue weighted by molar-refractivity contribution is -0.274. The number of ether oxygens (including phenoxy) is 1. The smallest absolute Gasteiger partial charge is 0.405 e. The van der Waals surface area contributed by atoms with Crippen molar-refractivity contribution in [1.82, 2.24) is 4.98 Å². The molecule has 0 aliphatic heterocycles. The molecule has 22 heavy (non-hydrogen) atoms. The summed E-state index contributed by atoms with van der Waals surface area (Å²) < 4.78 is 79.8. The van der Waals surface area contributed by atoms with Gasteiger partial charge in [-0.1, -0.05) is 29.8 Å². The molecule has 1 heterocycles. The number of hydrogen-bond acceptors (Lipinski definition) is 2. The Bertz CT molecular complexity index is 683. The zero-order valence-electron chi connectivity index (χ0n) is 10.5. The van der Waals surface area contributed by atoms with Gasteiger partial charge in [0.15, 0.2) is 5.69 Å². The van der Waals surface area contributed by atoms with E-state index in [1.165, 1.54) is 12.1 Å². The molecule has 2 aromatic rings. The highest BCUT2D eigenvalue weighted by molar-refractivity contribution is 6.29. The first-order chi connectivity index (χ1) is 10.1. The van der Waals surface area contributed by atoms with Crippen molar-refractivity contribution in [2.24, 2.45) is 0 Å². The molecule has 0 radical (unpaired) electrons. The Morgan fingerprint density at radius 2 is 1.50 bits per heavy atom. The summed E-state index contributed by atoms with van der Waals surface area (Å²) in [6.45, 7) is 0. The number of aromatic nitrogens is 1. The second kappa shape index (κ2) is 5.68. The van der Waals surface area contributed by atoms with Gasteiger partial charge in [0.05, 0.1) is 0 Å². The molecule has 0 saturated carbocycles. The molecular formula is C13H6ClF6NO. The van der Waals surface area contributed by atoms with Crippen molar-refractivity contribution in [3.63, 3.8) is 0 Å². The molecule has 0 unspecified atom stereocenters. The zero-order valence-corrected chi connectivity index (χ0v) is 11.2. The van der Waals surface area contributed by atoms with Crippen LogP contribution in [0.2, 0.25) is 5.15 Å².